The number of para-hydroxylation sites is 1. The quantitative estimate of drug-likeness (QED) is 0.358. The van der Waals surface area contributed by atoms with Gasteiger partial charge in [-0.05, 0) is 42.5 Å². The van der Waals surface area contributed by atoms with Gasteiger partial charge in [-0.1, -0.05) is 12.1 Å². The van der Waals surface area contributed by atoms with Gasteiger partial charge in [0.05, 0.1) is 12.6 Å². The van der Waals surface area contributed by atoms with Crippen LogP contribution >= 0.6 is 0 Å². The van der Waals surface area contributed by atoms with Crippen molar-refractivity contribution in [3.8, 4) is 23.1 Å². The number of pyridine rings is 1. The standard InChI is InChI=1S/C22H16N4O2/c1-28-17-8-10-18-16(13-17)14-21(25(18)22-23-11-4-12-24-22)20-9-7-15-5-2-3-6-19(15)26(20)27/h2-14H,1H3. The first-order valence-electron chi connectivity index (χ1n) is 8.85. The minimum Gasteiger partial charge on any atom is -0.618 e. The van der Waals surface area contributed by atoms with Gasteiger partial charge in [0.2, 0.25) is 17.2 Å². The topological polar surface area (TPSA) is 66.9 Å². The summed E-state index contributed by atoms with van der Waals surface area (Å²) in [4.78, 5) is 8.80. The maximum Gasteiger partial charge on any atom is 0.241 e. The normalized spacial score (nSPS) is 11.2. The van der Waals surface area contributed by atoms with Crippen LogP contribution in [0.25, 0.3) is 39.1 Å². The maximum absolute atomic E-state index is 13.2. The van der Waals surface area contributed by atoms with Gasteiger partial charge in [0.15, 0.2) is 0 Å². The number of hydrogen-bond donors (Lipinski definition) is 0. The Balaban J connectivity index is 1.85. The molecular weight excluding hydrogens is 352 g/mol. The molecule has 0 aliphatic carbocycles. The molecule has 0 radical (unpaired) electrons. The number of fused-ring (bicyclic) bond motifs is 2. The van der Waals surface area contributed by atoms with Crippen LogP contribution in [0.1, 0.15) is 0 Å². The van der Waals surface area contributed by atoms with Gasteiger partial charge in [-0.2, -0.15) is 4.73 Å². The fourth-order valence-corrected chi connectivity index (χ4v) is 3.50. The van der Waals surface area contributed by atoms with E-state index in [1.165, 1.54) is 0 Å². The highest BCUT2D eigenvalue weighted by atomic mass is 16.5. The van der Waals surface area contributed by atoms with E-state index >= 15 is 0 Å². The van der Waals surface area contributed by atoms with Gasteiger partial charge >= 0.3 is 0 Å². The van der Waals surface area contributed by atoms with Gasteiger partial charge < -0.3 is 9.94 Å². The van der Waals surface area contributed by atoms with Crippen LogP contribution < -0.4 is 9.47 Å². The SMILES string of the molecule is COc1ccc2c(c1)cc(-c1ccc3ccccc3[n+]1[O-])n2-c1ncccn1. The summed E-state index contributed by atoms with van der Waals surface area (Å²) in [6.07, 6.45) is 3.38. The maximum atomic E-state index is 13.2. The second-order valence-electron chi connectivity index (χ2n) is 6.41. The molecule has 6 heteroatoms. The van der Waals surface area contributed by atoms with E-state index in [1.54, 1.807) is 25.6 Å². The monoisotopic (exact) mass is 368 g/mol. The molecule has 0 atom stereocenters. The Morgan fingerprint density at radius 2 is 1.71 bits per heavy atom. The summed E-state index contributed by atoms with van der Waals surface area (Å²) in [6, 6.07) is 20.8. The van der Waals surface area contributed by atoms with Gasteiger partial charge in [0, 0.05) is 35.3 Å². The van der Waals surface area contributed by atoms with Crippen molar-refractivity contribution >= 4 is 21.8 Å². The van der Waals surface area contributed by atoms with Gasteiger partial charge in [0.1, 0.15) is 11.4 Å². The first kappa shape index (κ1) is 16.3. The van der Waals surface area contributed by atoms with Crippen LogP contribution in [0.2, 0.25) is 0 Å². The summed E-state index contributed by atoms with van der Waals surface area (Å²) in [5.74, 6) is 1.25. The molecule has 5 aromatic rings. The van der Waals surface area contributed by atoms with E-state index in [2.05, 4.69) is 9.97 Å². The summed E-state index contributed by atoms with van der Waals surface area (Å²) in [6.45, 7) is 0. The molecule has 0 bridgehead atoms. The Labute approximate surface area is 160 Å². The minimum atomic E-state index is 0.505. The Kier molecular flexibility index (Phi) is 3.69. The summed E-state index contributed by atoms with van der Waals surface area (Å²) in [5.41, 5.74) is 2.76. The zero-order valence-corrected chi connectivity index (χ0v) is 15.1. The number of ether oxygens (including phenoxy) is 1. The Morgan fingerprint density at radius 1 is 0.893 bits per heavy atom. The second-order valence-corrected chi connectivity index (χ2v) is 6.41. The highest BCUT2D eigenvalue weighted by molar-refractivity contribution is 5.89. The van der Waals surface area contributed by atoms with Crippen molar-refractivity contribution < 1.29 is 9.47 Å². The van der Waals surface area contributed by atoms with Crippen LogP contribution in [-0.4, -0.2) is 21.6 Å². The van der Waals surface area contributed by atoms with E-state index < -0.39 is 0 Å². The molecule has 0 fully saturated rings. The molecule has 136 valence electrons. The summed E-state index contributed by atoms with van der Waals surface area (Å²) in [7, 11) is 1.63. The lowest BCUT2D eigenvalue weighted by Crippen LogP contribution is -2.30. The molecule has 0 N–H and O–H groups in total. The Bertz CT molecular complexity index is 1310. The minimum absolute atomic E-state index is 0.505. The molecular formula is C22H16N4O2. The third-order valence-corrected chi connectivity index (χ3v) is 4.82. The lowest BCUT2D eigenvalue weighted by molar-refractivity contribution is -0.565. The van der Waals surface area contributed by atoms with Crippen molar-refractivity contribution in [3.63, 3.8) is 0 Å². The van der Waals surface area contributed by atoms with E-state index in [0.717, 1.165) is 32.5 Å². The zero-order chi connectivity index (χ0) is 19.1. The molecule has 3 heterocycles. The average Bonchev–Trinajstić information content (AvgIpc) is 3.13. The van der Waals surface area contributed by atoms with Gasteiger partial charge in [0.25, 0.3) is 0 Å². The lowest BCUT2D eigenvalue weighted by Gasteiger charge is -2.11. The van der Waals surface area contributed by atoms with Crippen molar-refractivity contribution in [1.82, 2.24) is 14.5 Å². The summed E-state index contributed by atoms with van der Waals surface area (Å²) >= 11 is 0. The third-order valence-electron chi connectivity index (χ3n) is 4.82. The second kappa shape index (κ2) is 6.35. The molecule has 0 saturated heterocycles. The van der Waals surface area contributed by atoms with Crippen LogP contribution in [0.3, 0.4) is 0 Å². The molecule has 0 aliphatic rings. The van der Waals surface area contributed by atoms with E-state index in [0.29, 0.717) is 17.2 Å². The van der Waals surface area contributed by atoms with Gasteiger partial charge in [-0.3, -0.25) is 4.57 Å². The van der Waals surface area contributed by atoms with E-state index in [-0.39, 0.29) is 0 Å². The van der Waals surface area contributed by atoms with Crippen molar-refractivity contribution in [3.05, 3.63) is 84.3 Å². The number of benzene rings is 2. The molecule has 0 amide bonds. The fraction of sp³-hybridized carbons (Fsp3) is 0.0455. The lowest BCUT2D eigenvalue weighted by atomic mass is 10.1. The van der Waals surface area contributed by atoms with Crippen LogP contribution in [-0.2, 0) is 0 Å². The van der Waals surface area contributed by atoms with Crippen LogP contribution in [0.15, 0.2) is 79.1 Å². The predicted molar refractivity (Wildman–Crippen MR) is 107 cm³/mol. The number of hydrogen-bond acceptors (Lipinski definition) is 4. The largest absolute Gasteiger partial charge is 0.618 e. The average molecular weight is 368 g/mol. The third kappa shape index (κ3) is 2.46. The van der Waals surface area contributed by atoms with Gasteiger partial charge in [-0.15, -0.1) is 0 Å². The molecule has 0 saturated carbocycles. The summed E-state index contributed by atoms with van der Waals surface area (Å²) < 4.78 is 8.21. The van der Waals surface area contributed by atoms with E-state index in [1.807, 2.05) is 65.2 Å². The van der Waals surface area contributed by atoms with Crippen molar-refractivity contribution in [2.75, 3.05) is 7.11 Å². The fourth-order valence-electron chi connectivity index (χ4n) is 3.50. The number of aromatic nitrogens is 4. The zero-order valence-electron chi connectivity index (χ0n) is 15.1. The highest BCUT2D eigenvalue weighted by Gasteiger charge is 2.21. The van der Waals surface area contributed by atoms with E-state index in [9.17, 15) is 5.21 Å². The van der Waals surface area contributed by atoms with Crippen LogP contribution in [0.4, 0.5) is 0 Å². The molecule has 0 aliphatic heterocycles. The molecule has 28 heavy (non-hydrogen) atoms. The number of rotatable bonds is 3. The van der Waals surface area contributed by atoms with Gasteiger partial charge in [-0.25, -0.2) is 9.97 Å². The van der Waals surface area contributed by atoms with Crippen molar-refractivity contribution in [2.45, 2.75) is 0 Å². The first-order valence-corrected chi connectivity index (χ1v) is 8.85. The molecule has 2 aromatic carbocycles. The number of methoxy groups -OCH3 is 1. The number of nitrogens with zero attached hydrogens (tertiary/aromatic N) is 4. The summed E-state index contributed by atoms with van der Waals surface area (Å²) in [5, 5.41) is 15.0. The smallest absolute Gasteiger partial charge is 0.241 e. The Hall–Kier alpha value is -3.93. The highest BCUT2D eigenvalue weighted by Crippen LogP contribution is 2.31. The predicted octanol–water partition coefficient (Wildman–Crippen LogP) is 3.88. The van der Waals surface area contributed by atoms with Crippen LogP contribution in [0, 0.1) is 5.21 Å². The van der Waals surface area contributed by atoms with Crippen LogP contribution in [0.5, 0.6) is 5.75 Å². The first-order chi connectivity index (χ1) is 13.8. The molecule has 0 unspecified atom stereocenters. The van der Waals surface area contributed by atoms with E-state index in [4.69, 9.17) is 4.74 Å². The molecule has 5 rings (SSSR count). The Morgan fingerprint density at radius 3 is 2.54 bits per heavy atom. The molecule has 3 aromatic heterocycles. The van der Waals surface area contributed by atoms with Crippen molar-refractivity contribution in [1.29, 1.82) is 0 Å². The van der Waals surface area contributed by atoms with Crippen molar-refractivity contribution in [2.24, 2.45) is 0 Å². The molecule has 0 spiro atoms. The molecule has 6 nitrogen and oxygen atoms in total.